The first-order valence-corrected chi connectivity index (χ1v) is 9.18. The molecule has 2 nitrogen and oxygen atoms in total. The van der Waals surface area contributed by atoms with Gasteiger partial charge in [-0.05, 0) is 59.1 Å². The summed E-state index contributed by atoms with van der Waals surface area (Å²) < 4.78 is 0. The van der Waals surface area contributed by atoms with Crippen LogP contribution in [0.1, 0.15) is 47.9 Å². The van der Waals surface area contributed by atoms with Gasteiger partial charge in [0.1, 0.15) is 11.5 Å². The maximum atomic E-state index is 9.97. The lowest BCUT2D eigenvalue weighted by Gasteiger charge is -2.16. The summed E-state index contributed by atoms with van der Waals surface area (Å²) in [5, 5.41) is 19.9. The fourth-order valence-corrected chi connectivity index (χ4v) is 3.42. The monoisotopic (exact) mass is 346 g/mol. The van der Waals surface area contributed by atoms with Crippen LogP contribution in [0, 0.1) is 0 Å². The van der Waals surface area contributed by atoms with Crippen LogP contribution in [0.2, 0.25) is 0 Å². The largest absolute Gasteiger partial charge is 0.508 e. The number of aromatic hydroxyl groups is 2. The van der Waals surface area contributed by atoms with Crippen LogP contribution in [0.15, 0.2) is 72.8 Å². The van der Waals surface area contributed by atoms with E-state index in [0.29, 0.717) is 23.3 Å². The highest BCUT2D eigenvalue weighted by Crippen LogP contribution is 2.29. The predicted octanol–water partition coefficient (Wildman–Crippen LogP) is 5.79. The number of benzene rings is 3. The van der Waals surface area contributed by atoms with Gasteiger partial charge < -0.3 is 10.2 Å². The van der Waals surface area contributed by atoms with Crippen molar-refractivity contribution in [3.8, 4) is 11.5 Å². The Kier molecular flexibility index (Phi) is 5.62. The Hall–Kier alpha value is -2.74. The van der Waals surface area contributed by atoms with Gasteiger partial charge in [0.15, 0.2) is 0 Å². The van der Waals surface area contributed by atoms with E-state index >= 15 is 0 Å². The third-order valence-corrected chi connectivity index (χ3v) is 5.11. The molecule has 0 aromatic heterocycles. The van der Waals surface area contributed by atoms with Gasteiger partial charge in [0, 0.05) is 0 Å². The van der Waals surface area contributed by atoms with E-state index in [1.807, 2.05) is 36.4 Å². The van der Waals surface area contributed by atoms with Crippen molar-refractivity contribution >= 4 is 0 Å². The molecule has 3 aromatic carbocycles. The summed E-state index contributed by atoms with van der Waals surface area (Å²) >= 11 is 0. The van der Waals surface area contributed by atoms with E-state index in [-0.39, 0.29) is 0 Å². The van der Waals surface area contributed by atoms with Crippen LogP contribution in [0.25, 0.3) is 0 Å². The first-order chi connectivity index (χ1) is 12.5. The van der Waals surface area contributed by atoms with Crippen molar-refractivity contribution in [2.75, 3.05) is 0 Å². The summed E-state index contributed by atoms with van der Waals surface area (Å²) in [5.74, 6) is 1.41. The van der Waals surface area contributed by atoms with Crippen LogP contribution in [-0.4, -0.2) is 10.2 Å². The molecule has 0 aliphatic heterocycles. The lowest BCUT2D eigenvalue weighted by molar-refractivity contribution is 0.465. The molecular weight excluding hydrogens is 320 g/mol. The average molecular weight is 346 g/mol. The number of hydrogen-bond donors (Lipinski definition) is 2. The highest BCUT2D eigenvalue weighted by atomic mass is 16.3. The summed E-state index contributed by atoms with van der Waals surface area (Å²) in [5.41, 5.74) is 4.51. The van der Waals surface area contributed by atoms with Gasteiger partial charge in [-0.1, -0.05) is 74.5 Å². The Bertz CT molecular complexity index is 780. The number of phenolic OH excluding ortho intramolecular Hbond substituents is 2. The summed E-state index contributed by atoms with van der Waals surface area (Å²) in [6, 6.07) is 23.8. The smallest absolute Gasteiger partial charge is 0.118 e. The predicted molar refractivity (Wildman–Crippen MR) is 107 cm³/mol. The molecule has 134 valence electrons. The zero-order valence-electron chi connectivity index (χ0n) is 15.4. The first kappa shape index (κ1) is 18.1. The van der Waals surface area contributed by atoms with Crippen molar-refractivity contribution < 1.29 is 10.2 Å². The van der Waals surface area contributed by atoms with E-state index in [0.717, 1.165) is 24.0 Å². The van der Waals surface area contributed by atoms with Crippen molar-refractivity contribution in [2.24, 2.45) is 0 Å². The van der Waals surface area contributed by atoms with E-state index in [1.54, 1.807) is 12.1 Å². The molecule has 0 aliphatic rings. The van der Waals surface area contributed by atoms with Gasteiger partial charge in [-0.3, -0.25) is 0 Å². The van der Waals surface area contributed by atoms with E-state index in [4.69, 9.17) is 0 Å². The molecule has 0 aliphatic carbocycles. The third-order valence-electron chi connectivity index (χ3n) is 5.11. The zero-order chi connectivity index (χ0) is 18.5. The molecule has 2 heteroatoms. The van der Waals surface area contributed by atoms with E-state index < -0.39 is 0 Å². The second-order valence-corrected chi connectivity index (χ2v) is 7.13. The summed E-state index contributed by atoms with van der Waals surface area (Å²) in [6.07, 6.45) is 1.64. The van der Waals surface area contributed by atoms with Gasteiger partial charge >= 0.3 is 0 Å². The molecule has 0 saturated carbocycles. The lowest BCUT2D eigenvalue weighted by Crippen LogP contribution is -2.02. The standard InChI is InChI=1S/C24H26O2/c1-17(15-21-7-3-5-9-23(21)25)19-11-13-20(14-12-19)18(2)16-22-8-4-6-10-24(22)26/h3-14,17-18,25-26H,15-16H2,1-2H3. The van der Waals surface area contributed by atoms with Crippen molar-refractivity contribution in [1.82, 2.24) is 0 Å². The van der Waals surface area contributed by atoms with Crippen molar-refractivity contribution in [3.05, 3.63) is 95.1 Å². The van der Waals surface area contributed by atoms with Crippen LogP contribution in [0.5, 0.6) is 11.5 Å². The molecule has 2 atom stereocenters. The van der Waals surface area contributed by atoms with Crippen LogP contribution in [-0.2, 0) is 12.8 Å². The first-order valence-electron chi connectivity index (χ1n) is 9.18. The number of para-hydroxylation sites is 2. The van der Waals surface area contributed by atoms with Crippen molar-refractivity contribution in [3.63, 3.8) is 0 Å². The molecule has 3 rings (SSSR count). The fraction of sp³-hybridized carbons (Fsp3) is 0.250. The fourth-order valence-electron chi connectivity index (χ4n) is 3.42. The van der Waals surface area contributed by atoms with Crippen LogP contribution in [0.4, 0.5) is 0 Å². The Morgan fingerprint density at radius 2 is 0.923 bits per heavy atom. The molecule has 0 bridgehead atoms. The minimum atomic E-state index is 0.339. The lowest BCUT2D eigenvalue weighted by atomic mass is 9.89. The molecule has 0 heterocycles. The van der Waals surface area contributed by atoms with E-state index in [1.165, 1.54) is 11.1 Å². The Labute approximate surface area is 155 Å². The summed E-state index contributed by atoms with van der Waals surface area (Å²) in [6.45, 7) is 4.37. The minimum Gasteiger partial charge on any atom is -0.508 e. The SMILES string of the molecule is CC(Cc1ccccc1O)c1ccc(C(C)Cc2ccccc2O)cc1. The zero-order valence-corrected chi connectivity index (χ0v) is 15.4. The second-order valence-electron chi connectivity index (χ2n) is 7.13. The van der Waals surface area contributed by atoms with E-state index in [9.17, 15) is 10.2 Å². The molecule has 0 fully saturated rings. The molecule has 26 heavy (non-hydrogen) atoms. The maximum Gasteiger partial charge on any atom is 0.118 e. The summed E-state index contributed by atoms with van der Waals surface area (Å²) in [4.78, 5) is 0. The Morgan fingerprint density at radius 1 is 0.577 bits per heavy atom. The van der Waals surface area contributed by atoms with Crippen LogP contribution in [0.3, 0.4) is 0 Å². The molecular formula is C24H26O2. The highest BCUT2D eigenvalue weighted by Gasteiger charge is 2.12. The molecule has 0 radical (unpaired) electrons. The van der Waals surface area contributed by atoms with Gasteiger partial charge in [0.05, 0.1) is 0 Å². The Balaban J connectivity index is 1.68. The molecule has 3 aromatic rings. The highest BCUT2D eigenvalue weighted by molar-refractivity contribution is 5.36. The van der Waals surface area contributed by atoms with Gasteiger partial charge in [-0.2, -0.15) is 0 Å². The maximum absolute atomic E-state index is 9.97. The molecule has 2 unspecified atom stereocenters. The van der Waals surface area contributed by atoms with Gasteiger partial charge in [0.25, 0.3) is 0 Å². The molecule has 0 amide bonds. The minimum absolute atomic E-state index is 0.339. The quantitative estimate of drug-likeness (QED) is 0.593. The van der Waals surface area contributed by atoms with Crippen molar-refractivity contribution in [2.45, 2.75) is 38.5 Å². The molecule has 0 saturated heterocycles. The second kappa shape index (κ2) is 8.09. The van der Waals surface area contributed by atoms with Crippen LogP contribution >= 0.6 is 0 Å². The molecule has 0 spiro atoms. The number of phenols is 2. The Morgan fingerprint density at radius 3 is 1.27 bits per heavy atom. The normalized spacial score (nSPS) is 13.3. The van der Waals surface area contributed by atoms with Gasteiger partial charge in [-0.15, -0.1) is 0 Å². The summed E-state index contributed by atoms with van der Waals surface area (Å²) in [7, 11) is 0. The van der Waals surface area contributed by atoms with Gasteiger partial charge in [-0.25, -0.2) is 0 Å². The topological polar surface area (TPSA) is 40.5 Å². The van der Waals surface area contributed by atoms with E-state index in [2.05, 4.69) is 38.1 Å². The molecule has 2 N–H and O–H groups in total. The van der Waals surface area contributed by atoms with Crippen molar-refractivity contribution in [1.29, 1.82) is 0 Å². The number of hydrogen-bond acceptors (Lipinski definition) is 2. The van der Waals surface area contributed by atoms with Crippen LogP contribution < -0.4 is 0 Å². The average Bonchev–Trinajstić information content (AvgIpc) is 2.65. The number of rotatable bonds is 6. The van der Waals surface area contributed by atoms with Gasteiger partial charge in [0.2, 0.25) is 0 Å². The third kappa shape index (κ3) is 4.26.